The Bertz CT molecular complexity index is 4020. The van der Waals surface area contributed by atoms with E-state index >= 15 is 0 Å². The Morgan fingerprint density at radius 1 is 0.561 bits per heavy atom. The van der Waals surface area contributed by atoms with Gasteiger partial charge in [0.1, 0.15) is 52.2 Å². The summed E-state index contributed by atoms with van der Waals surface area (Å²) in [7, 11) is -0.439. The highest BCUT2D eigenvalue weighted by Gasteiger charge is 2.51. The van der Waals surface area contributed by atoms with Crippen molar-refractivity contribution in [2.24, 2.45) is 5.73 Å². The molecule has 6 heterocycles. The number of anilines is 4. The van der Waals surface area contributed by atoms with Crippen molar-refractivity contribution in [3.63, 3.8) is 0 Å². The predicted molar refractivity (Wildman–Crippen MR) is 385 cm³/mol. The number of nitriles is 2. The number of hydrogen-bond acceptors (Lipinski definition) is 19. The standard InChI is InChI=1S/C29H27FN6O2.C28H30BFN4O3.C7H9BrN2O.C5H3BrClN.C2H7NO/c1-19(22-6-9-25(30)10-7-22)36-29(38)26-14-21(15-31)17-35-28(26)34-16-20-2-4-23(5-3-20)24-8-11-27(33-18-24)32-12-13-37;1-18(21-8-12-23(30)13-9-21)34-26(35)24-14-20(15-31)17-33-25(24)32-16-19-6-10-22(11-7-19)29-36-27(2,3)28(4,5)37-29;8-6-1-2-7(10-5-6)9-3-4-11;6-4-1-2-5(7)8-3-4;3-1-2-4/h2-11,14,17-19,37H,12-13,16H2,1H3,(H,32,33)(H,34,35)(H,36,38);6-14,17-18H,16H2,1-5H3,(H,32,33)(H,34,35);1-2,5,11H,3-4H2,(H,9,10);1-3H;4H,1-3H2/t19-;18-;;;/m00.../s1. The molecule has 2 amide bonds. The third-order valence-electron chi connectivity index (χ3n) is 14.8. The van der Waals surface area contributed by atoms with Crippen LogP contribution in [0.1, 0.15) is 108 Å². The van der Waals surface area contributed by atoms with E-state index in [9.17, 15) is 28.9 Å². The highest BCUT2D eigenvalue weighted by Crippen LogP contribution is 2.36. The van der Waals surface area contributed by atoms with Crippen molar-refractivity contribution in [1.82, 2.24) is 35.6 Å². The summed E-state index contributed by atoms with van der Waals surface area (Å²) in [5.74, 6) is 0.717. The number of pyridine rings is 5. The first-order valence-electron chi connectivity index (χ1n) is 30.8. The van der Waals surface area contributed by atoms with Crippen LogP contribution in [-0.2, 0) is 22.4 Å². The average molecular weight is 1480 g/mol. The lowest BCUT2D eigenvalue weighted by Gasteiger charge is -2.32. The monoisotopic (exact) mass is 1480 g/mol. The van der Waals surface area contributed by atoms with Crippen molar-refractivity contribution >= 4 is 91.1 Å². The Balaban J connectivity index is 0.000000233. The average Bonchev–Trinajstić information content (AvgIpc) is 1.63. The number of halogens is 5. The molecule has 5 aromatic heterocycles. The van der Waals surface area contributed by atoms with Crippen LogP contribution in [0.5, 0.6) is 0 Å². The summed E-state index contributed by atoms with van der Waals surface area (Å²) in [5, 5.41) is 62.4. The van der Waals surface area contributed by atoms with Crippen LogP contribution >= 0.6 is 43.5 Å². The van der Waals surface area contributed by atoms with Gasteiger partial charge in [0.05, 0.1) is 65.4 Å². The number of aromatic nitrogens is 5. The molecule has 10 rings (SSSR count). The van der Waals surface area contributed by atoms with E-state index in [1.165, 1.54) is 48.8 Å². The van der Waals surface area contributed by atoms with Gasteiger partial charge in [-0.2, -0.15) is 10.5 Å². The Morgan fingerprint density at radius 2 is 0.969 bits per heavy atom. The van der Waals surface area contributed by atoms with E-state index in [4.69, 9.17) is 42.0 Å². The smallest absolute Gasteiger partial charge is 0.399 e. The van der Waals surface area contributed by atoms with E-state index in [-0.39, 0.29) is 71.7 Å². The van der Waals surface area contributed by atoms with Crippen molar-refractivity contribution in [3.8, 4) is 23.3 Å². The van der Waals surface area contributed by atoms with Gasteiger partial charge >= 0.3 is 7.12 Å². The molecule has 0 saturated carbocycles. The number of amides is 2. The minimum atomic E-state index is -0.439. The molecule has 1 aliphatic rings. The Morgan fingerprint density at radius 3 is 1.34 bits per heavy atom. The molecule has 0 bridgehead atoms. The van der Waals surface area contributed by atoms with Gasteiger partial charge < -0.3 is 62.3 Å². The van der Waals surface area contributed by atoms with Crippen molar-refractivity contribution in [1.29, 1.82) is 10.5 Å². The van der Waals surface area contributed by atoms with E-state index in [1.807, 2.05) is 119 Å². The van der Waals surface area contributed by atoms with Gasteiger partial charge in [0.25, 0.3) is 11.8 Å². The molecule has 0 spiro atoms. The Labute approximate surface area is 591 Å². The van der Waals surface area contributed by atoms with E-state index in [2.05, 4.69) is 88.7 Å². The summed E-state index contributed by atoms with van der Waals surface area (Å²) in [4.78, 5) is 47.0. The van der Waals surface area contributed by atoms with Crippen LogP contribution in [-0.4, -0.2) is 110 Å². The van der Waals surface area contributed by atoms with Crippen molar-refractivity contribution in [2.45, 2.75) is 77.9 Å². The largest absolute Gasteiger partial charge is 0.494 e. The van der Waals surface area contributed by atoms with E-state index in [0.29, 0.717) is 55.3 Å². The molecule has 0 aliphatic carbocycles. The van der Waals surface area contributed by atoms with Crippen molar-refractivity contribution in [2.75, 3.05) is 60.7 Å². The third kappa shape index (κ3) is 24.6. The SMILES string of the molecule is C[C@H](NC(=O)c1cc(C#N)cnc1NCc1ccc(-c2ccc(NCCO)nc2)cc1)c1ccc(F)cc1.C[C@H](NC(=O)c1cc(C#N)cnc1NCc1ccc(B2OC(C)(C)C(C)(C)O2)cc1)c1ccc(F)cc1.Clc1ccc(Br)cn1.NCCO.OCCNc1ccc(Br)cn1. The maximum absolute atomic E-state index is 13.3. The zero-order valence-electron chi connectivity index (χ0n) is 54.7. The van der Waals surface area contributed by atoms with Crippen LogP contribution in [0.25, 0.3) is 11.1 Å². The van der Waals surface area contributed by atoms with Crippen LogP contribution in [0.15, 0.2) is 186 Å². The maximum atomic E-state index is 13.3. The number of aliphatic hydroxyl groups excluding tert-OH is 3. The fourth-order valence-electron chi connectivity index (χ4n) is 8.73. The molecular weight excluding hydrogens is 1400 g/mol. The zero-order valence-corrected chi connectivity index (χ0v) is 58.6. The number of rotatable bonds is 21. The Hall–Kier alpha value is -9.32. The molecule has 2 atom stereocenters. The summed E-state index contributed by atoms with van der Waals surface area (Å²) >= 11 is 12.0. The number of carbonyl (C=O) groups excluding carboxylic acids is 2. The van der Waals surface area contributed by atoms with Gasteiger partial charge in [-0.25, -0.2) is 33.7 Å². The lowest BCUT2D eigenvalue weighted by atomic mass is 9.79. The number of nitrogens with zero attached hydrogens (tertiary/aromatic N) is 7. The van der Waals surface area contributed by atoms with Gasteiger partial charge in [0, 0.05) is 78.2 Å². The molecule has 11 N–H and O–H groups in total. The lowest BCUT2D eigenvalue weighted by molar-refractivity contribution is 0.00578. The topological polar surface area (TPSA) is 324 Å². The molecule has 1 saturated heterocycles. The fourth-order valence-corrected chi connectivity index (χ4v) is 9.31. The first-order chi connectivity index (χ1) is 47.0. The van der Waals surface area contributed by atoms with Crippen LogP contribution in [0.3, 0.4) is 0 Å². The highest BCUT2D eigenvalue weighted by atomic mass is 79.9. The number of hydrogen-bond donors (Lipinski definition) is 10. The van der Waals surface area contributed by atoms with Gasteiger partial charge in [0.2, 0.25) is 0 Å². The normalized spacial score (nSPS) is 12.8. The molecular formula is C71H76BBr2ClF2N14O7. The first kappa shape index (κ1) is 77.7. The van der Waals surface area contributed by atoms with Gasteiger partial charge in [0.15, 0.2) is 0 Å². The third-order valence-corrected chi connectivity index (χ3v) is 16.0. The van der Waals surface area contributed by atoms with Gasteiger partial charge in [-0.3, -0.25) is 9.59 Å². The molecule has 4 aromatic carbocycles. The molecule has 27 heteroatoms. The fraction of sp³-hybridized carbons (Fsp3) is 0.254. The molecule has 21 nitrogen and oxygen atoms in total. The lowest BCUT2D eigenvalue weighted by Crippen LogP contribution is -2.41. The maximum Gasteiger partial charge on any atom is 0.494 e. The summed E-state index contributed by atoms with van der Waals surface area (Å²) < 4.78 is 40.6. The summed E-state index contributed by atoms with van der Waals surface area (Å²) in [5.41, 5.74) is 11.3. The molecule has 9 aromatic rings. The number of nitrogens with two attached hydrogens (primary N) is 1. The highest BCUT2D eigenvalue weighted by molar-refractivity contribution is 9.10. The molecule has 0 radical (unpaired) electrons. The first-order valence-corrected chi connectivity index (χ1v) is 32.7. The molecule has 0 unspecified atom stereocenters. The van der Waals surface area contributed by atoms with Crippen LogP contribution < -0.4 is 43.1 Å². The molecule has 1 fully saturated rings. The second kappa shape index (κ2) is 39.2. The molecule has 98 heavy (non-hydrogen) atoms. The summed E-state index contributed by atoms with van der Waals surface area (Å²) in [6, 6.07) is 45.1. The minimum Gasteiger partial charge on any atom is -0.399 e. The Kier molecular flexibility index (Phi) is 31.1. The quantitative estimate of drug-likeness (QED) is 0.0236. The number of carbonyl (C=O) groups is 2. The van der Waals surface area contributed by atoms with Crippen molar-refractivity contribution < 1.29 is 43.0 Å². The summed E-state index contributed by atoms with van der Waals surface area (Å²) in [6.07, 6.45) is 7.97. The van der Waals surface area contributed by atoms with Gasteiger partial charge in [-0.05, 0) is 179 Å². The van der Waals surface area contributed by atoms with E-state index in [0.717, 1.165) is 53.6 Å². The van der Waals surface area contributed by atoms with Crippen LogP contribution in [0.2, 0.25) is 5.15 Å². The molecule has 510 valence electrons. The second-order valence-corrected chi connectivity index (χ2v) is 24.8. The number of aliphatic hydroxyl groups is 3. The van der Waals surface area contributed by atoms with Gasteiger partial charge in [-0.15, -0.1) is 0 Å². The van der Waals surface area contributed by atoms with Crippen LogP contribution in [0.4, 0.5) is 32.1 Å². The zero-order chi connectivity index (χ0) is 71.2. The second-order valence-electron chi connectivity index (χ2n) is 22.6. The minimum absolute atomic E-state index is 0.0399. The summed E-state index contributed by atoms with van der Waals surface area (Å²) in [6.45, 7) is 14.1. The molecule has 1 aliphatic heterocycles. The number of benzene rings is 4. The van der Waals surface area contributed by atoms with Crippen LogP contribution in [0, 0.1) is 34.3 Å². The van der Waals surface area contributed by atoms with E-state index in [1.54, 1.807) is 62.8 Å². The predicted octanol–water partition coefficient (Wildman–Crippen LogP) is 11.8. The van der Waals surface area contributed by atoms with Crippen molar-refractivity contribution in [3.05, 3.63) is 247 Å². The van der Waals surface area contributed by atoms with Gasteiger partial charge in [-0.1, -0.05) is 84.4 Å². The van der Waals surface area contributed by atoms with E-state index < -0.39 is 24.2 Å². The number of nitrogens with one attached hydrogen (secondary N) is 6.